The number of rotatable bonds is 6. The zero-order valence-electron chi connectivity index (χ0n) is 10.6. The van der Waals surface area contributed by atoms with E-state index >= 15 is 0 Å². The number of hydrogen-bond donors (Lipinski definition) is 2. The number of hydrogen-bond acceptors (Lipinski definition) is 5. The number of carbonyl (C=O) groups excluding carboxylic acids is 2. The van der Waals surface area contributed by atoms with Crippen LogP contribution in [-0.2, 0) is 21.4 Å². The van der Waals surface area contributed by atoms with Crippen LogP contribution in [0.25, 0.3) is 0 Å². The molecule has 1 aromatic heterocycles. The molecule has 0 bridgehead atoms. The number of carboxylic acid groups (broad SMARTS) is 1. The molecule has 1 heterocycles. The molecule has 8 nitrogen and oxygen atoms in total. The van der Waals surface area contributed by atoms with Crippen LogP contribution in [0, 0.1) is 0 Å². The van der Waals surface area contributed by atoms with Gasteiger partial charge in [0.1, 0.15) is 11.7 Å². The summed E-state index contributed by atoms with van der Waals surface area (Å²) in [4.78, 5) is 33.7. The van der Waals surface area contributed by atoms with Crippen molar-refractivity contribution in [1.82, 2.24) is 15.1 Å². The maximum absolute atomic E-state index is 11.7. The van der Waals surface area contributed by atoms with Gasteiger partial charge in [-0.2, -0.15) is 5.10 Å². The predicted molar refractivity (Wildman–Crippen MR) is 63.3 cm³/mol. The SMILES string of the molecule is COC(=O)CC[C@H](NC(=O)c1ccn(C)n1)C(=O)O. The molecular formula is C11H15N3O5. The summed E-state index contributed by atoms with van der Waals surface area (Å²) in [6.45, 7) is 0. The van der Waals surface area contributed by atoms with Gasteiger partial charge in [0.15, 0.2) is 0 Å². The van der Waals surface area contributed by atoms with E-state index in [2.05, 4.69) is 15.2 Å². The molecule has 0 fully saturated rings. The summed E-state index contributed by atoms with van der Waals surface area (Å²) >= 11 is 0. The van der Waals surface area contributed by atoms with E-state index in [0.29, 0.717) is 0 Å². The fraction of sp³-hybridized carbons (Fsp3) is 0.455. The fourth-order valence-corrected chi connectivity index (χ4v) is 1.39. The molecule has 0 aliphatic heterocycles. The number of esters is 1. The van der Waals surface area contributed by atoms with Crippen molar-refractivity contribution in [2.24, 2.45) is 7.05 Å². The van der Waals surface area contributed by atoms with Crippen LogP contribution in [-0.4, -0.2) is 45.9 Å². The standard InChI is InChI=1S/C11H15N3O5/c1-14-6-5-7(13-14)10(16)12-8(11(17)18)3-4-9(15)19-2/h5-6,8H,3-4H2,1-2H3,(H,12,16)(H,17,18)/t8-/m0/s1. The highest BCUT2D eigenvalue weighted by molar-refractivity contribution is 5.94. The minimum Gasteiger partial charge on any atom is -0.480 e. The molecule has 19 heavy (non-hydrogen) atoms. The summed E-state index contributed by atoms with van der Waals surface area (Å²) in [7, 11) is 2.85. The Morgan fingerprint density at radius 2 is 2.21 bits per heavy atom. The summed E-state index contributed by atoms with van der Waals surface area (Å²) < 4.78 is 5.84. The molecule has 2 N–H and O–H groups in total. The zero-order valence-corrected chi connectivity index (χ0v) is 10.6. The van der Waals surface area contributed by atoms with E-state index in [9.17, 15) is 14.4 Å². The first-order valence-electron chi connectivity index (χ1n) is 5.54. The van der Waals surface area contributed by atoms with Crippen molar-refractivity contribution in [2.75, 3.05) is 7.11 Å². The summed E-state index contributed by atoms with van der Waals surface area (Å²) in [6.07, 6.45) is 1.44. The second-order valence-electron chi connectivity index (χ2n) is 3.85. The van der Waals surface area contributed by atoms with Crippen molar-refractivity contribution >= 4 is 17.8 Å². The number of carboxylic acids is 1. The number of carbonyl (C=O) groups is 3. The molecule has 0 unspecified atom stereocenters. The third-order valence-corrected chi connectivity index (χ3v) is 2.41. The zero-order chi connectivity index (χ0) is 14.4. The van der Waals surface area contributed by atoms with E-state index in [1.807, 2.05) is 0 Å². The molecule has 0 aromatic carbocycles. The van der Waals surface area contributed by atoms with Gasteiger partial charge in [-0.05, 0) is 12.5 Å². The third kappa shape index (κ3) is 4.41. The number of aromatic nitrogens is 2. The molecule has 0 radical (unpaired) electrons. The van der Waals surface area contributed by atoms with Crippen LogP contribution in [0.3, 0.4) is 0 Å². The highest BCUT2D eigenvalue weighted by atomic mass is 16.5. The largest absolute Gasteiger partial charge is 0.480 e. The van der Waals surface area contributed by atoms with Gasteiger partial charge in [0.2, 0.25) is 0 Å². The van der Waals surface area contributed by atoms with Gasteiger partial charge in [0, 0.05) is 19.7 Å². The van der Waals surface area contributed by atoms with Crippen molar-refractivity contribution in [3.05, 3.63) is 18.0 Å². The van der Waals surface area contributed by atoms with Crippen molar-refractivity contribution in [3.8, 4) is 0 Å². The molecule has 0 aliphatic carbocycles. The Morgan fingerprint density at radius 3 is 2.68 bits per heavy atom. The van der Waals surface area contributed by atoms with E-state index in [0.717, 1.165) is 0 Å². The number of methoxy groups -OCH3 is 1. The lowest BCUT2D eigenvalue weighted by atomic mass is 10.1. The lowest BCUT2D eigenvalue weighted by Gasteiger charge is -2.12. The highest BCUT2D eigenvalue weighted by Gasteiger charge is 2.22. The van der Waals surface area contributed by atoms with Crippen LogP contribution < -0.4 is 5.32 Å². The molecule has 0 saturated heterocycles. The van der Waals surface area contributed by atoms with E-state index in [4.69, 9.17) is 5.11 Å². The molecule has 0 saturated carbocycles. The van der Waals surface area contributed by atoms with Crippen LogP contribution in [0.15, 0.2) is 12.3 Å². The monoisotopic (exact) mass is 269 g/mol. The normalized spacial score (nSPS) is 11.7. The van der Waals surface area contributed by atoms with Crippen molar-refractivity contribution in [1.29, 1.82) is 0 Å². The maximum atomic E-state index is 11.7. The molecule has 104 valence electrons. The second-order valence-corrected chi connectivity index (χ2v) is 3.85. The first-order valence-corrected chi connectivity index (χ1v) is 5.54. The van der Waals surface area contributed by atoms with E-state index < -0.39 is 23.9 Å². The Labute approximate surface area is 109 Å². The predicted octanol–water partition coefficient (Wildman–Crippen LogP) is -0.444. The number of amides is 1. The van der Waals surface area contributed by atoms with E-state index in [1.54, 1.807) is 13.2 Å². The molecule has 0 spiro atoms. The van der Waals surface area contributed by atoms with Gasteiger partial charge in [0.05, 0.1) is 7.11 Å². The summed E-state index contributed by atoms with van der Waals surface area (Å²) in [6, 6.07) is 0.308. The molecule has 0 aliphatic rings. The lowest BCUT2D eigenvalue weighted by molar-refractivity contribution is -0.142. The number of aryl methyl sites for hydroxylation is 1. The molecule has 1 aromatic rings. The van der Waals surface area contributed by atoms with Crippen LogP contribution in [0.4, 0.5) is 0 Å². The number of aliphatic carboxylic acids is 1. The summed E-state index contributed by atoms with van der Waals surface area (Å²) in [5.74, 6) is -2.34. The number of ether oxygens (including phenoxy) is 1. The highest BCUT2D eigenvalue weighted by Crippen LogP contribution is 2.02. The van der Waals surface area contributed by atoms with Crippen molar-refractivity contribution in [2.45, 2.75) is 18.9 Å². The topological polar surface area (TPSA) is 111 Å². The van der Waals surface area contributed by atoms with Gasteiger partial charge >= 0.3 is 11.9 Å². The average Bonchev–Trinajstić information content (AvgIpc) is 2.80. The van der Waals surface area contributed by atoms with Crippen LogP contribution in [0.1, 0.15) is 23.3 Å². The fourth-order valence-electron chi connectivity index (χ4n) is 1.39. The molecule has 1 amide bonds. The Morgan fingerprint density at radius 1 is 1.53 bits per heavy atom. The Hall–Kier alpha value is -2.38. The van der Waals surface area contributed by atoms with E-state index in [-0.39, 0.29) is 18.5 Å². The minimum atomic E-state index is -1.21. The maximum Gasteiger partial charge on any atom is 0.326 e. The Kier molecular flexibility index (Phi) is 5.04. The van der Waals surface area contributed by atoms with Crippen LogP contribution >= 0.6 is 0 Å². The summed E-state index contributed by atoms with van der Waals surface area (Å²) in [5.41, 5.74) is 0.117. The van der Waals surface area contributed by atoms with Gasteiger partial charge in [-0.25, -0.2) is 4.79 Å². The van der Waals surface area contributed by atoms with Gasteiger partial charge in [-0.1, -0.05) is 0 Å². The van der Waals surface area contributed by atoms with Crippen molar-refractivity contribution < 1.29 is 24.2 Å². The van der Waals surface area contributed by atoms with Crippen molar-refractivity contribution in [3.63, 3.8) is 0 Å². The quantitative estimate of drug-likeness (QED) is 0.677. The van der Waals surface area contributed by atoms with Gasteiger partial charge in [-0.3, -0.25) is 14.3 Å². The summed E-state index contributed by atoms with van der Waals surface area (Å²) in [5, 5.41) is 15.1. The Bertz CT molecular complexity index is 482. The van der Waals surface area contributed by atoms with E-state index in [1.165, 1.54) is 17.9 Å². The van der Waals surface area contributed by atoms with Crippen LogP contribution in [0.2, 0.25) is 0 Å². The second kappa shape index (κ2) is 6.53. The lowest BCUT2D eigenvalue weighted by Crippen LogP contribution is -2.41. The minimum absolute atomic E-state index is 0.0411. The van der Waals surface area contributed by atoms with Gasteiger partial charge < -0.3 is 15.2 Å². The molecule has 1 atom stereocenters. The first kappa shape index (κ1) is 14.7. The average molecular weight is 269 g/mol. The molecule has 8 heteroatoms. The van der Waals surface area contributed by atoms with Gasteiger partial charge in [-0.15, -0.1) is 0 Å². The smallest absolute Gasteiger partial charge is 0.326 e. The third-order valence-electron chi connectivity index (χ3n) is 2.41. The molecular weight excluding hydrogens is 254 g/mol. The van der Waals surface area contributed by atoms with Crippen LogP contribution in [0.5, 0.6) is 0 Å². The number of nitrogens with zero attached hydrogens (tertiary/aromatic N) is 2. The first-order chi connectivity index (χ1) is 8.93. The molecule has 1 rings (SSSR count). The Balaban J connectivity index is 2.61. The van der Waals surface area contributed by atoms with Gasteiger partial charge in [0.25, 0.3) is 5.91 Å². The number of nitrogens with one attached hydrogen (secondary N) is 1.